The monoisotopic (exact) mass is 281 g/mol. The van der Waals surface area contributed by atoms with Crippen molar-refractivity contribution in [2.75, 3.05) is 19.7 Å². The van der Waals surface area contributed by atoms with E-state index >= 15 is 0 Å². The second kappa shape index (κ2) is 7.30. The Bertz CT molecular complexity index is 324. The maximum Gasteiger partial charge on any atom is 0.191 e. The first-order valence-electron chi connectivity index (χ1n) is 8.43. The van der Waals surface area contributed by atoms with E-state index in [2.05, 4.69) is 36.4 Å². The average molecular weight is 281 g/mol. The Morgan fingerprint density at radius 2 is 1.95 bits per heavy atom. The van der Waals surface area contributed by atoms with E-state index in [0.717, 1.165) is 32.1 Å². The van der Waals surface area contributed by atoms with Gasteiger partial charge in [0.25, 0.3) is 0 Å². The summed E-state index contributed by atoms with van der Waals surface area (Å²) in [5, 5.41) is 7.01. The number of aliphatic imine (C=N–C) groups is 1. The van der Waals surface area contributed by atoms with Crippen LogP contribution in [-0.4, -0.2) is 37.8 Å². The van der Waals surface area contributed by atoms with Gasteiger partial charge < -0.3 is 15.4 Å². The topological polar surface area (TPSA) is 45.7 Å². The molecule has 0 aromatic rings. The summed E-state index contributed by atoms with van der Waals surface area (Å²) >= 11 is 0. The molecule has 2 aliphatic carbocycles. The van der Waals surface area contributed by atoms with Crippen molar-refractivity contribution < 1.29 is 4.74 Å². The van der Waals surface area contributed by atoms with Crippen molar-refractivity contribution in [3.63, 3.8) is 0 Å². The van der Waals surface area contributed by atoms with Crippen LogP contribution in [0.3, 0.4) is 0 Å². The zero-order valence-electron chi connectivity index (χ0n) is 13.4. The molecule has 1 spiro atoms. The van der Waals surface area contributed by atoms with Gasteiger partial charge in [-0.3, -0.25) is 4.99 Å². The second-order valence-corrected chi connectivity index (χ2v) is 6.02. The quantitative estimate of drug-likeness (QED) is 0.601. The van der Waals surface area contributed by atoms with Gasteiger partial charge in [0, 0.05) is 31.2 Å². The molecule has 4 nitrogen and oxygen atoms in total. The molecular formula is C16H31N3O. The van der Waals surface area contributed by atoms with Crippen LogP contribution in [0.1, 0.15) is 59.3 Å². The summed E-state index contributed by atoms with van der Waals surface area (Å²) in [4.78, 5) is 4.54. The van der Waals surface area contributed by atoms with E-state index in [1.807, 2.05) is 0 Å². The first kappa shape index (κ1) is 15.6. The van der Waals surface area contributed by atoms with Gasteiger partial charge in [0.15, 0.2) is 5.96 Å². The van der Waals surface area contributed by atoms with E-state index in [0.29, 0.717) is 17.6 Å². The molecule has 2 saturated carbocycles. The van der Waals surface area contributed by atoms with E-state index in [1.165, 1.54) is 32.1 Å². The Morgan fingerprint density at radius 3 is 2.55 bits per heavy atom. The van der Waals surface area contributed by atoms with Gasteiger partial charge in [-0.1, -0.05) is 19.3 Å². The lowest BCUT2D eigenvalue weighted by Gasteiger charge is -2.58. The van der Waals surface area contributed by atoms with Crippen molar-refractivity contribution in [3.05, 3.63) is 0 Å². The Labute approximate surface area is 123 Å². The maximum absolute atomic E-state index is 6.00. The number of nitrogens with one attached hydrogen (secondary N) is 2. The zero-order valence-corrected chi connectivity index (χ0v) is 13.4. The molecule has 0 bridgehead atoms. The second-order valence-electron chi connectivity index (χ2n) is 6.02. The van der Waals surface area contributed by atoms with Gasteiger partial charge in [0.05, 0.1) is 6.10 Å². The van der Waals surface area contributed by atoms with Crippen LogP contribution in [-0.2, 0) is 4.74 Å². The van der Waals surface area contributed by atoms with Crippen LogP contribution in [0.15, 0.2) is 4.99 Å². The van der Waals surface area contributed by atoms with E-state index in [1.54, 1.807) is 0 Å². The summed E-state index contributed by atoms with van der Waals surface area (Å²) in [6.07, 6.45) is 8.28. The highest BCUT2D eigenvalue weighted by Crippen LogP contribution is 2.53. The molecule has 2 atom stereocenters. The van der Waals surface area contributed by atoms with Crippen LogP contribution in [0, 0.1) is 5.41 Å². The van der Waals surface area contributed by atoms with Crippen LogP contribution >= 0.6 is 0 Å². The molecule has 2 aliphatic rings. The molecule has 2 unspecified atom stereocenters. The smallest absolute Gasteiger partial charge is 0.191 e. The van der Waals surface area contributed by atoms with Crippen molar-refractivity contribution in [1.29, 1.82) is 0 Å². The summed E-state index contributed by atoms with van der Waals surface area (Å²) < 4.78 is 6.00. The van der Waals surface area contributed by atoms with Crippen LogP contribution in [0.2, 0.25) is 0 Å². The van der Waals surface area contributed by atoms with Gasteiger partial charge in [0.2, 0.25) is 0 Å². The molecule has 0 aromatic carbocycles. The molecule has 20 heavy (non-hydrogen) atoms. The first-order chi connectivity index (χ1) is 9.76. The fourth-order valence-corrected chi connectivity index (χ4v) is 3.91. The van der Waals surface area contributed by atoms with Crippen molar-refractivity contribution >= 4 is 5.96 Å². The molecule has 0 saturated heterocycles. The summed E-state index contributed by atoms with van der Waals surface area (Å²) in [6, 6.07) is 0.531. The predicted molar refractivity (Wildman–Crippen MR) is 84.1 cm³/mol. The number of guanidine groups is 1. The van der Waals surface area contributed by atoms with Gasteiger partial charge in [0.1, 0.15) is 0 Å². The highest BCUT2D eigenvalue weighted by atomic mass is 16.5. The SMILES string of the molecule is CCN=C(NCC)NC1CC(OCC)C12CCCCC2. The Kier molecular flexibility index (Phi) is 5.70. The minimum atomic E-state index is 0.359. The lowest BCUT2D eigenvalue weighted by Crippen LogP contribution is -2.66. The van der Waals surface area contributed by atoms with E-state index in [-0.39, 0.29) is 0 Å². The predicted octanol–water partition coefficient (Wildman–Crippen LogP) is 2.69. The largest absolute Gasteiger partial charge is 0.378 e. The fraction of sp³-hybridized carbons (Fsp3) is 0.938. The van der Waals surface area contributed by atoms with Crippen molar-refractivity contribution in [2.24, 2.45) is 10.4 Å². The summed E-state index contributed by atoms with van der Waals surface area (Å²) in [5.41, 5.74) is 0.359. The zero-order chi connectivity index (χ0) is 14.4. The molecule has 4 heteroatoms. The normalized spacial score (nSPS) is 29.1. The third kappa shape index (κ3) is 3.11. The van der Waals surface area contributed by atoms with E-state index < -0.39 is 0 Å². The molecule has 0 radical (unpaired) electrons. The lowest BCUT2D eigenvalue weighted by atomic mass is 9.55. The van der Waals surface area contributed by atoms with Gasteiger partial charge in [-0.2, -0.15) is 0 Å². The molecule has 116 valence electrons. The van der Waals surface area contributed by atoms with Crippen molar-refractivity contribution in [1.82, 2.24) is 10.6 Å². The number of hydrogen-bond donors (Lipinski definition) is 2. The lowest BCUT2D eigenvalue weighted by molar-refractivity contribution is -0.145. The molecule has 0 heterocycles. The standard InChI is InChI=1S/C16H31N3O/c1-4-17-15(18-5-2)19-13-12-14(20-6-3)16(13)10-8-7-9-11-16/h13-14H,4-12H2,1-3H3,(H2,17,18,19). The molecule has 2 N–H and O–H groups in total. The molecular weight excluding hydrogens is 250 g/mol. The average Bonchev–Trinajstić information content (AvgIpc) is 2.47. The third-order valence-corrected chi connectivity index (χ3v) is 4.91. The molecule has 0 aromatic heterocycles. The van der Waals surface area contributed by atoms with E-state index in [9.17, 15) is 0 Å². The minimum Gasteiger partial charge on any atom is -0.378 e. The van der Waals surface area contributed by atoms with Gasteiger partial charge in [-0.25, -0.2) is 0 Å². The van der Waals surface area contributed by atoms with Gasteiger partial charge in [-0.05, 0) is 40.0 Å². The third-order valence-electron chi connectivity index (χ3n) is 4.91. The Balaban J connectivity index is 2.01. The van der Waals surface area contributed by atoms with Crippen molar-refractivity contribution in [2.45, 2.75) is 71.4 Å². The first-order valence-corrected chi connectivity index (χ1v) is 8.43. The molecule has 2 fully saturated rings. The Hall–Kier alpha value is -0.770. The van der Waals surface area contributed by atoms with E-state index in [4.69, 9.17) is 4.74 Å². The summed E-state index contributed by atoms with van der Waals surface area (Å²) in [7, 11) is 0. The highest BCUT2D eigenvalue weighted by molar-refractivity contribution is 5.80. The number of ether oxygens (including phenoxy) is 1. The fourth-order valence-electron chi connectivity index (χ4n) is 3.91. The maximum atomic E-state index is 6.00. The summed E-state index contributed by atoms with van der Waals surface area (Å²) in [5.74, 6) is 0.972. The molecule has 0 amide bonds. The molecule has 0 aliphatic heterocycles. The van der Waals surface area contributed by atoms with Crippen LogP contribution in [0.5, 0.6) is 0 Å². The van der Waals surface area contributed by atoms with Crippen LogP contribution in [0.25, 0.3) is 0 Å². The number of hydrogen-bond acceptors (Lipinski definition) is 2. The Morgan fingerprint density at radius 1 is 1.20 bits per heavy atom. The van der Waals surface area contributed by atoms with Crippen LogP contribution in [0.4, 0.5) is 0 Å². The van der Waals surface area contributed by atoms with Crippen molar-refractivity contribution in [3.8, 4) is 0 Å². The number of rotatable bonds is 5. The van der Waals surface area contributed by atoms with Gasteiger partial charge in [-0.15, -0.1) is 0 Å². The van der Waals surface area contributed by atoms with Gasteiger partial charge >= 0.3 is 0 Å². The highest BCUT2D eigenvalue weighted by Gasteiger charge is 2.55. The molecule has 2 rings (SSSR count). The number of nitrogens with zero attached hydrogens (tertiary/aromatic N) is 1. The summed E-state index contributed by atoms with van der Waals surface area (Å²) in [6.45, 7) is 8.89. The minimum absolute atomic E-state index is 0.359. The van der Waals surface area contributed by atoms with Crippen LogP contribution < -0.4 is 10.6 Å².